The van der Waals surface area contributed by atoms with Gasteiger partial charge in [-0.3, -0.25) is 4.90 Å². The lowest BCUT2D eigenvalue weighted by Crippen LogP contribution is -2.47. The average Bonchev–Trinajstić information content (AvgIpc) is 2.46. The number of carbonyl (C=O) groups excluding carboxylic acids is 1. The minimum atomic E-state index is -0.444. The van der Waals surface area contributed by atoms with Crippen molar-refractivity contribution in [3.05, 3.63) is 35.9 Å². The van der Waals surface area contributed by atoms with Gasteiger partial charge in [-0.1, -0.05) is 36.8 Å². The van der Waals surface area contributed by atoms with Gasteiger partial charge in [0.05, 0.1) is 0 Å². The van der Waals surface area contributed by atoms with Crippen LogP contribution in [0.5, 0.6) is 0 Å². The van der Waals surface area contributed by atoms with Crippen molar-refractivity contribution in [2.75, 3.05) is 13.1 Å². The summed E-state index contributed by atoms with van der Waals surface area (Å²) in [7, 11) is 0. The van der Waals surface area contributed by atoms with Gasteiger partial charge in [-0.05, 0) is 45.7 Å². The Balaban J connectivity index is 1.86. The molecule has 0 radical (unpaired) electrons. The van der Waals surface area contributed by atoms with Gasteiger partial charge >= 0.3 is 6.09 Å². The SMILES string of the molecule is CC(C)(C)OC(=O)NC[C@@H]1CCCCN1Cc1ccccc1. The molecular formula is C18H28N2O2. The van der Waals surface area contributed by atoms with E-state index in [1.54, 1.807) is 0 Å². The fourth-order valence-corrected chi connectivity index (χ4v) is 2.83. The van der Waals surface area contributed by atoms with Crippen LogP contribution in [-0.2, 0) is 11.3 Å². The summed E-state index contributed by atoms with van der Waals surface area (Å²) in [5, 5.41) is 2.92. The van der Waals surface area contributed by atoms with Gasteiger partial charge in [0, 0.05) is 19.1 Å². The lowest BCUT2D eigenvalue weighted by Gasteiger charge is -2.36. The highest BCUT2D eigenvalue weighted by Gasteiger charge is 2.24. The highest BCUT2D eigenvalue weighted by atomic mass is 16.6. The number of nitrogens with zero attached hydrogens (tertiary/aromatic N) is 1. The molecule has 0 unspecified atom stereocenters. The van der Waals surface area contributed by atoms with E-state index in [1.165, 1.54) is 18.4 Å². The van der Waals surface area contributed by atoms with Gasteiger partial charge in [0.2, 0.25) is 0 Å². The molecule has 0 spiro atoms. The van der Waals surface area contributed by atoms with Crippen LogP contribution in [0, 0.1) is 0 Å². The first-order valence-electron chi connectivity index (χ1n) is 8.19. The topological polar surface area (TPSA) is 41.6 Å². The summed E-state index contributed by atoms with van der Waals surface area (Å²) in [6, 6.07) is 10.9. The predicted molar refractivity (Wildman–Crippen MR) is 88.7 cm³/mol. The predicted octanol–water partition coefficient (Wildman–Crippen LogP) is 3.57. The maximum Gasteiger partial charge on any atom is 0.407 e. The first-order chi connectivity index (χ1) is 10.4. The van der Waals surface area contributed by atoms with Crippen LogP contribution < -0.4 is 5.32 Å². The average molecular weight is 304 g/mol. The van der Waals surface area contributed by atoms with E-state index in [-0.39, 0.29) is 6.09 Å². The fourth-order valence-electron chi connectivity index (χ4n) is 2.83. The lowest BCUT2D eigenvalue weighted by molar-refractivity contribution is 0.0492. The van der Waals surface area contributed by atoms with Crippen LogP contribution in [0.1, 0.15) is 45.6 Å². The van der Waals surface area contributed by atoms with Crippen molar-refractivity contribution >= 4 is 6.09 Å². The number of rotatable bonds is 4. The first-order valence-corrected chi connectivity index (χ1v) is 8.19. The van der Waals surface area contributed by atoms with Crippen molar-refractivity contribution in [1.82, 2.24) is 10.2 Å². The van der Waals surface area contributed by atoms with Crippen molar-refractivity contribution in [3.63, 3.8) is 0 Å². The van der Waals surface area contributed by atoms with E-state index >= 15 is 0 Å². The lowest BCUT2D eigenvalue weighted by atomic mass is 10.0. The summed E-state index contributed by atoms with van der Waals surface area (Å²) in [6.07, 6.45) is 3.27. The number of likely N-dealkylation sites (tertiary alicyclic amines) is 1. The van der Waals surface area contributed by atoms with E-state index in [2.05, 4.69) is 34.5 Å². The van der Waals surface area contributed by atoms with E-state index in [0.717, 1.165) is 19.5 Å². The number of piperidine rings is 1. The number of hydrogen-bond acceptors (Lipinski definition) is 3. The number of ether oxygens (including phenoxy) is 1. The standard InChI is InChI=1S/C18H28N2O2/c1-18(2,3)22-17(21)19-13-16-11-7-8-12-20(16)14-15-9-5-4-6-10-15/h4-6,9-10,16H,7-8,11-14H2,1-3H3,(H,19,21)/t16-/m0/s1. The number of benzene rings is 1. The Labute approximate surface area is 133 Å². The molecule has 0 bridgehead atoms. The summed E-state index contributed by atoms with van der Waals surface area (Å²) in [5.74, 6) is 0. The molecule has 1 aliphatic rings. The highest BCUT2D eigenvalue weighted by Crippen LogP contribution is 2.19. The molecule has 1 N–H and O–H groups in total. The summed E-state index contributed by atoms with van der Waals surface area (Å²) in [6.45, 7) is 8.34. The summed E-state index contributed by atoms with van der Waals surface area (Å²) < 4.78 is 5.31. The molecule has 122 valence electrons. The van der Waals surface area contributed by atoms with Gasteiger partial charge < -0.3 is 10.1 Å². The van der Waals surface area contributed by atoms with Crippen LogP contribution in [0.4, 0.5) is 4.79 Å². The van der Waals surface area contributed by atoms with E-state index in [9.17, 15) is 4.79 Å². The minimum absolute atomic E-state index is 0.322. The molecule has 4 heteroatoms. The van der Waals surface area contributed by atoms with Gasteiger partial charge in [0.15, 0.2) is 0 Å². The van der Waals surface area contributed by atoms with E-state index < -0.39 is 5.60 Å². The molecule has 1 aromatic rings. The fraction of sp³-hybridized carbons (Fsp3) is 0.611. The van der Waals surface area contributed by atoms with E-state index in [0.29, 0.717) is 12.6 Å². The molecule has 1 aliphatic heterocycles. The van der Waals surface area contributed by atoms with E-state index in [1.807, 2.05) is 26.8 Å². The molecule has 22 heavy (non-hydrogen) atoms. The molecule has 1 saturated heterocycles. The Bertz CT molecular complexity index is 468. The van der Waals surface area contributed by atoms with Crippen LogP contribution >= 0.6 is 0 Å². The molecule has 0 saturated carbocycles. The zero-order valence-corrected chi connectivity index (χ0v) is 14.0. The molecule has 0 aliphatic carbocycles. The number of hydrogen-bond donors (Lipinski definition) is 1. The Morgan fingerprint density at radius 1 is 1.27 bits per heavy atom. The second-order valence-corrected chi connectivity index (χ2v) is 6.99. The molecular weight excluding hydrogens is 276 g/mol. The molecule has 2 rings (SSSR count). The monoisotopic (exact) mass is 304 g/mol. The second kappa shape index (κ2) is 7.63. The zero-order chi connectivity index (χ0) is 16.0. The first kappa shape index (κ1) is 16.8. The van der Waals surface area contributed by atoms with Gasteiger partial charge in [0.1, 0.15) is 5.60 Å². The Morgan fingerprint density at radius 2 is 2.00 bits per heavy atom. The number of carbonyl (C=O) groups is 1. The number of alkyl carbamates (subject to hydrolysis) is 1. The summed E-state index contributed by atoms with van der Waals surface area (Å²) >= 11 is 0. The maximum absolute atomic E-state index is 11.8. The Hall–Kier alpha value is -1.55. The summed E-state index contributed by atoms with van der Waals surface area (Å²) in [4.78, 5) is 14.3. The van der Waals surface area contributed by atoms with Crippen LogP contribution in [-0.4, -0.2) is 35.7 Å². The van der Waals surface area contributed by atoms with Crippen molar-refractivity contribution in [3.8, 4) is 0 Å². The molecule has 1 heterocycles. The molecule has 1 aromatic carbocycles. The molecule has 1 atom stereocenters. The van der Waals surface area contributed by atoms with Crippen molar-refractivity contribution in [1.29, 1.82) is 0 Å². The largest absolute Gasteiger partial charge is 0.444 e. The maximum atomic E-state index is 11.8. The van der Waals surface area contributed by atoms with Gasteiger partial charge in [-0.15, -0.1) is 0 Å². The quantitative estimate of drug-likeness (QED) is 0.924. The van der Waals surface area contributed by atoms with Crippen molar-refractivity contribution in [2.24, 2.45) is 0 Å². The Kier molecular flexibility index (Phi) is 5.83. The Morgan fingerprint density at radius 3 is 2.68 bits per heavy atom. The zero-order valence-electron chi connectivity index (χ0n) is 14.0. The smallest absolute Gasteiger partial charge is 0.407 e. The van der Waals surface area contributed by atoms with Gasteiger partial charge in [-0.2, -0.15) is 0 Å². The van der Waals surface area contributed by atoms with Gasteiger partial charge in [-0.25, -0.2) is 4.79 Å². The normalized spacial score (nSPS) is 19.7. The third kappa shape index (κ3) is 5.68. The van der Waals surface area contributed by atoms with Gasteiger partial charge in [0.25, 0.3) is 0 Å². The molecule has 4 nitrogen and oxygen atoms in total. The third-order valence-electron chi connectivity index (χ3n) is 3.86. The second-order valence-electron chi connectivity index (χ2n) is 6.99. The van der Waals surface area contributed by atoms with Crippen LogP contribution in [0.3, 0.4) is 0 Å². The van der Waals surface area contributed by atoms with Crippen LogP contribution in [0.25, 0.3) is 0 Å². The number of amides is 1. The van der Waals surface area contributed by atoms with Crippen LogP contribution in [0.2, 0.25) is 0 Å². The minimum Gasteiger partial charge on any atom is -0.444 e. The van der Waals surface area contributed by atoms with Crippen molar-refractivity contribution in [2.45, 2.75) is 58.2 Å². The molecule has 0 aromatic heterocycles. The number of nitrogens with one attached hydrogen (secondary N) is 1. The van der Waals surface area contributed by atoms with Crippen molar-refractivity contribution < 1.29 is 9.53 Å². The van der Waals surface area contributed by atoms with E-state index in [4.69, 9.17) is 4.74 Å². The highest BCUT2D eigenvalue weighted by molar-refractivity contribution is 5.67. The third-order valence-corrected chi connectivity index (χ3v) is 3.86. The molecule has 1 amide bonds. The summed E-state index contributed by atoms with van der Waals surface area (Å²) in [5.41, 5.74) is 0.882. The molecule has 1 fully saturated rings. The van der Waals surface area contributed by atoms with Crippen LogP contribution in [0.15, 0.2) is 30.3 Å².